The number of amides is 1. The number of hydrogen-bond acceptors (Lipinski definition) is 5. The van der Waals surface area contributed by atoms with Crippen LogP contribution in [0.1, 0.15) is 41.3 Å². The van der Waals surface area contributed by atoms with Crippen molar-refractivity contribution in [3.63, 3.8) is 0 Å². The third-order valence-corrected chi connectivity index (χ3v) is 5.70. The maximum atomic E-state index is 13.3. The highest BCUT2D eigenvalue weighted by Gasteiger charge is 2.43. The van der Waals surface area contributed by atoms with Gasteiger partial charge in [0, 0.05) is 17.6 Å². The first kappa shape index (κ1) is 16.2. The number of carbonyl (C=O) groups excluding carboxylic acids is 1. The number of benzene rings is 1. The molecular formula is C20H22N6O. The minimum absolute atomic E-state index is 0.0459. The molecule has 1 saturated carbocycles. The van der Waals surface area contributed by atoms with Crippen molar-refractivity contribution in [1.29, 1.82) is 0 Å². The van der Waals surface area contributed by atoms with E-state index in [1.54, 1.807) is 6.33 Å². The van der Waals surface area contributed by atoms with E-state index in [1.165, 1.54) is 6.33 Å². The molecule has 0 spiro atoms. The van der Waals surface area contributed by atoms with E-state index in [2.05, 4.69) is 43.1 Å². The van der Waals surface area contributed by atoms with Gasteiger partial charge in [-0.3, -0.25) is 4.79 Å². The van der Waals surface area contributed by atoms with Crippen LogP contribution in [0.5, 0.6) is 0 Å². The first-order valence-electron chi connectivity index (χ1n) is 9.45. The van der Waals surface area contributed by atoms with Gasteiger partial charge in [-0.1, -0.05) is 18.2 Å². The Morgan fingerprint density at radius 3 is 2.93 bits per heavy atom. The van der Waals surface area contributed by atoms with Crippen molar-refractivity contribution in [3.8, 4) is 0 Å². The van der Waals surface area contributed by atoms with E-state index in [1.807, 2.05) is 19.1 Å². The number of nitrogens with one attached hydrogen (secondary N) is 2. The number of nitrogens with zero attached hydrogens (tertiary/aromatic N) is 4. The van der Waals surface area contributed by atoms with Gasteiger partial charge in [0.15, 0.2) is 11.5 Å². The van der Waals surface area contributed by atoms with Gasteiger partial charge in [0.05, 0.1) is 12.4 Å². The second kappa shape index (κ2) is 6.04. The van der Waals surface area contributed by atoms with Crippen LogP contribution in [0.15, 0.2) is 30.9 Å². The lowest BCUT2D eigenvalue weighted by atomic mass is 9.87. The third kappa shape index (κ3) is 2.65. The number of aryl methyl sites for hydroxylation is 1. The Bertz CT molecular complexity index is 1020. The number of aromatic nitrogens is 4. The molecule has 1 amide bonds. The average molecular weight is 362 g/mol. The van der Waals surface area contributed by atoms with Gasteiger partial charge in [0.1, 0.15) is 11.8 Å². The quantitative estimate of drug-likeness (QED) is 0.745. The molecule has 1 aromatic carbocycles. The predicted octanol–water partition coefficient (Wildman–Crippen LogP) is 2.69. The van der Waals surface area contributed by atoms with Crippen molar-refractivity contribution in [2.24, 2.45) is 0 Å². The first-order valence-corrected chi connectivity index (χ1v) is 9.45. The molecule has 1 fully saturated rings. The number of fused-ring (bicyclic) bond motifs is 2. The lowest BCUT2D eigenvalue weighted by molar-refractivity contribution is 0.0612. The summed E-state index contributed by atoms with van der Waals surface area (Å²) in [5, 5.41) is 3.50. The molecular weight excluding hydrogens is 340 g/mol. The SMILES string of the molecule is Cc1cccc2c1C(=O)N(C1CC1)C(C(C)Nc1ncnc3nc[nH]c13)C2. The van der Waals surface area contributed by atoms with E-state index >= 15 is 0 Å². The lowest BCUT2D eigenvalue weighted by Crippen LogP contribution is -2.54. The zero-order valence-corrected chi connectivity index (χ0v) is 15.4. The van der Waals surface area contributed by atoms with Crippen LogP contribution in [0.4, 0.5) is 5.82 Å². The fourth-order valence-corrected chi connectivity index (χ4v) is 4.20. The van der Waals surface area contributed by atoms with Crippen LogP contribution in [-0.4, -0.2) is 48.9 Å². The van der Waals surface area contributed by atoms with Gasteiger partial charge in [0.25, 0.3) is 5.91 Å². The van der Waals surface area contributed by atoms with Crippen LogP contribution in [-0.2, 0) is 6.42 Å². The summed E-state index contributed by atoms with van der Waals surface area (Å²) in [4.78, 5) is 31.3. The molecule has 1 aliphatic heterocycles. The minimum atomic E-state index is 0.0459. The van der Waals surface area contributed by atoms with E-state index in [-0.39, 0.29) is 18.0 Å². The van der Waals surface area contributed by atoms with Crippen molar-refractivity contribution in [3.05, 3.63) is 47.5 Å². The summed E-state index contributed by atoms with van der Waals surface area (Å²) >= 11 is 0. The molecule has 7 nitrogen and oxygen atoms in total. The molecule has 2 atom stereocenters. The molecule has 5 rings (SSSR count). The average Bonchev–Trinajstić information content (AvgIpc) is 3.37. The molecule has 138 valence electrons. The highest BCUT2D eigenvalue weighted by atomic mass is 16.2. The Morgan fingerprint density at radius 1 is 1.26 bits per heavy atom. The summed E-state index contributed by atoms with van der Waals surface area (Å²) in [6.45, 7) is 4.15. The third-order valence-electron chi connectivity index (χ3n) is 5.70. The number of aromatic amines is 1. The van der Waals surface area contributed by atoms with E-state index in [0.717, 1.165) is 47.3 Å². The van der Waals surface area contributed by atoms with Crippen LogP contribution in [0.2, 0.25) is 0 Å². The summed E-state index contributed by atoms with van der Waals surface area (Å²) in [5.41, 5.74) is 4.54. The number of hydrogen-bond donors (Lipinski definition) is 2. The molecule has 2 aliphatic rings. The van der Waals surface area contributed by atoms with E-state index in [0.29, 0.717) is 11.7 Å². The number of anilines is 1. The lowest BCUT2D eigenvalue weighted by Gasteiger charge is -2.41. The number of carbonyl (C=O) groups is 1. The zero-order valence-electron chi connectivity index (χ0n) is 15.4. The van der Waals surface area contributed by atoms with Gasteiger partial charge >= 0.3 is 0 Å². The second-order valence-electron chi connectivity index (χ2n) is 7.58. The molecule has 2 N–H and O–H groups in total. The Hall–Kier alpha value is -2.96. The Balaban J connectivity index is 1.49. The Labute approximate surface area is 157 Å². The molecule has 0 saturated heterocycles. The molecule has 0 bridgehead atoms. The summed E-state index contributed by atoms with van der Waals surface area (Å²) in [7, 11) is 0. The second-order valence-corrected chi connectivity index (χ2v) is 7.58. The summed E-state index contributed by atoms with van der Waals surface area (Å²) < 4.78 is 0. The van der Waals surface area contributed by atoms with Crippen LogP contribution in [0.25, 0.3) is 11.2 Å². The van der Waals surface area contributed by atoms with Crippen LogP contribution in [0, 0.1) is 6.92 Å². The molecule has 3 heterocycles. The molecule has 7 heteroatoms. The number of rotatable bonds is 4. The highest BCUT2D eigenvalue weighted by Crippen LogP contribution is 2.37. The van der Waals surface area contributed by atoms with Gasteiger partial charge in [-0.2, -0.15) is 0 Å². The van der Waals surface area contributed by atoms with E-state index in [9.17, 15) is 4.79 Å². The van der Waals surface area contributed by atoms with E-state index in [4.69, 9.17) is 0 Å². The Morgan fingerprint density at radius 2 is 2.11 bits per heavy atom. The maximum absolute atomic E-state index is 13.3. The van der Waals surface area contributed by atoms with Crippen molar-refractivity contribution in [1.82, 2.24) is 24.8 Å². The normalized spacial score (nSPS) is 20.6. The maximum Gasteiger partial charge on any atom is 0.254 e. The fraction of sp³-hybridized carbons (Fsp3) is 0.400. The van der Waals surface area contributed by atoms with Gasteiger partial charge < -0.3 is 15.2 Å². The molecule has 2 aromatic heterocycles. The standard InChI is InChI=1S/C20H22N6O/c1-11-4-3-5-13-8-15(26(14-6-7-14)20(27)16(11)13)12(2)25-19-17-18(22-9-21-17)23-10-24-19/h3-5,9-10,12,14-15H,6-8H2,1-2H3,(H2,21,22,23,24,25). The van der Waals surface area contributed by atoms with Gasteiger partial charge in [0.2, 0.25) is 0 Å². The van der Waals surface area contributed by atoms with Crippen molar-refractivity contribution in [2.75, 3.05) is 5.32 Å². The van der Waals surface area contributed by atoms with Crippen LogP contribution in [0.3, 0.4) is 0 Å². The van der Waals surface area contributed by atoms with Crippen molar-refractivity contribution >= 4 is 22.9 Å². The largest absolute Gasteiger partial charge is 0.364 e. The summed E-state index contributed by atoms with van der Waals surface area (Å²) in [6.07, 6.45) is 6.17. The molecule has 0 radical (unpaired) electrons. The van der Waals surface area contributed by atoms with E-state index < -0.39 is 0 Å². The van der Waals surface area contributed by atoms with Gasteiger partial charge in [-0.05, 0) is 44.2 Å². The van der Waals surface area contributed by atoms with Gasteiger partial charge in [-0.25, -0.2) is 15.0 Å². The number of H-pyrrole nitrogens is 1. The highest BCUT2D eigenvalue weighted by molar-refractivity contribution is 5.99. The number of imidazole rings is 1. The molecule has 1 aliphatic carbocycles. The summed E-state index contributed by atoms with van der Waals surface area (Å²) in [5.74, 6) is 0.896. The van der Waals surface area contributed by atoms with Crippen molar-refractivity contribution in [2.45, 2.75) is 51.2 Å². The monoisotopic (exact) mass is 362 g/mol. The van der Waals surface area contributed by atoms with Gasteiger partial charge in [-0.15, -0.1) is 0 Å². The van der Waals surface area contributed by atoms with Crippen LogP contribution < -0.4 is 5.32 Å². The van der Waals surface area contributed by atoms with Crippen LogP contribution >= 0.6 is 0 Å². The zero-order chi connectivity index (χ0) is 18.5. The van der Waals surface area contributed by atoms with Crippen molar-refractivity contribution < 1.29 is 4.79 Å². The molecule has 27 heavy (non-hydrogen) atoms. The Kier molecular flexibility index (Phi) is 3.63. The topological polar surface area (TPSA) is 86.8 Å². The minimum Gasteiger partial charge on any atom is -0.364 e. The fourth-order valence-electron chi connectivity index (χ4n) is 4.20. The summed E-state index contributed by atoms with van der Waals surface area (Å²) in [6, 6.07) is 6.65. The molecule has 3 aromatic rings. The first-order chi connectivity index (χ1) is 13.1. The predicted molar refractivity (Wildman–Crippen MR) is 103 cm³/mol. The smallest absolute Gasteiger partial charge is 0.254 e. The molecule has 2 unspecified atom stereocenters.